The zero-order valence-electron chi connectivity index (χ0n) is 13.9. The molecular formula is C18H17BrClN3O3. The first-order valence-electron chi connectivity index (χ1n) is 7.72. The van der Waals surface area contributed by atoms with E-state index in [9.17, 15) is 14.7 Å². The van der Waals surface area contributed by atoms with Crippen molar-refractivity contribution in [1.82, 2.24) is 5.43 Å². The molecule has 2 aromatic rings. The monoisotopic (exact) mass is 437 g/mol. The first-order chi connectivity index (χ1) is 12.4. The topological polar surface area (TPSA) is 90.8 Å². The van der Waals surface area contributed by atoms with Crippen LogP contribution in [0.2, 0.25) is 5.02 Å². The molecule has 8 heteroatoms. The number of halogens is 2. The van der Waals surface area contributed by atoms with Gasteiger partial charge in [0.25, 0.3) is 0 Å². The fourth-order valence-electron chi connectivity index (χ4n) is 2.04. The van der Waals surface area contributed by atoms with E-state index >= 15 is 0 Å². The maximum Gasteiger partial charge on any atom is 0.240 e. The van der Waals surface area contributed by atoms with Crippen LogP contribution in [0, 0.1) is 6.92 Å². The number of carbonyl (C=O) groups is 2. The van der Waals surface area contributed by atoms with E-state index in [4.69, 9.17) is 11.6 Å². The highest BCUT2D eigenvalue weighted by molar-refractivity contribution is 9.10. The van der Waals surface area contributed by atoms with E-state index in [2.05, 4.69) is 31.8 Å². The first-order valence-corrected chi connectivity index (χ1v) is 8.89. The number of phenolic OH excluding ortho intramolecular Hbond substituents is 1. The smallest absolute Gasteiger partial charge is 0.240 e. The molecule has 0 heterocycles. The van der Waals surface area contributed by atoms with Gasteiger partial charge in [0.05, 0.1) is 6.21 Å². The van der Waals surface area contributed by atoms with Gasteiger partial charge in [-0.2, -0.15) is 5.10 Å². The predicted molar refractivity (Wildman–Crippen MR) is 106 cm³/mol. The first kappa shape index (κ1) is 19.9. The maximum atomic E-state index is 11.9. The Kier molecular flexibility index (Phi) is 7.17. The molecule has 3 N–H and O–H groups in total. The highest BCUT2D eigenvalue weighted by Gasteiger charge is 2.09. The maximum absolute atomic E-state index is 11.9. The Labute approximate surface area is 164 Å². The Morgan fingerprint density at radius 2 is 1.96 bits per heavy atom. The summed E-state index contributed by atoms with van der Waals surface area (Å²) in [6.07, 6.45) is 1.32. The highest BCUT2D eigenvalue weighted by atomic mass is 79.9. The van der Waals surface area contributed by atoms with Gasteiger partial charge in [-0.15, -0.1) is 0 Å². The molecule has 0 spiro atoms. The molecule has 0 aliphatic carbocycles. The Morgan fingerprint density at radius 1 is 1.23 bits per heavy atom. The second kappa shape index (κ2) is 9.35. The number of amides is 2. The molecule has 0 radical (unpaired) electrons. The standard InChI is InChI=1S/C18H17BrClN3O3/c1-11-14(20)3-2-4-15(11)22-17(25)7-8-18(26)23-21-10-12-9-13(19)5-6-16(12)24/h2-6,9-10,24H,7-8H2,1H3,(H,22,25)(H,23,26). The lowest BCUT2D eigenvalue weighted by Crippen LogP contribution is -2.20. The molecule has 0 bridgehead atoms. The summed E-state index contributed by atoms with van der Waals surface area (Å²) in [5.74, 6) is -0.657. The van der Waals surface area contributed by atoms with Crippen molar-refractivity contribution in [2.24, 2.45) is 5.10 Å². The van der Waals surface area contributed by atoms with Gasteiger partial charge in [-0.25, -0.2) is 5.43 Å². The molecule has 0 saturated heterocycles. The second-order valence-electron chi connectivity index (χ2n) is 5.46. The van der Waals surface area contributed by atoms with E-state index in [1.807, 2.05) is 0 Å². The largest absolute Gasteiger partial charge is 0.507 e. The summed E-state index contributed by atoms with van der Waals surface area (Å²) in [4.78, 5) is 23.7. The molecule has 0 fully saturated rings. The molecule has 2 amide bonds. The highest BCUT2D eigenvalue weighted by Crippen LogP contribution is 2.23. The van der Waals surface area contributed by atoms with Crippen molar-refractivity contribution < 1.29 is 14.7 Å². The van der Waals surface area contributed by atoms with Gasteiger partial charge in [0.2, 0.25) is 11.8 Å². The lowest BCUT2D eigenvalue weighted by Gasteiger charge is -2.09. The average Bonchev–Trinajstić information content (AvgIpc) is 2.60. The lowest BCUT2D eigenvalue weighted by atomic mass is 10.2. The third-order valence-corrected chi connectivity index (χ3v) is 4.41. The molecule has 0 saturated carbocycles. The van der Waals surface area contributed by atoms with E-state index < -0.39 is 5.91 Å². The quantitative estimate of drug-likeness (QED) is 0.470. The number of rotatable bonds is 6. The van der Waals surface area contributed by atoms with Crippen LogP contribution in [0.4, 0.5) is 5.69 Å². The minimum atomic E-state index is -0.409. The number of benzene rings is 2. The van der Waals surface area contributed by atoms with Crippen molar-refractivity contribution in [1.29, 1.82) is 0 Å². The summed E-state index contributed by atoms with van der Waals surface area (Å²) in [5, 5.41) is 16.7. The van der Waals surface area contributed by atoms with Crippen LogP contribution in [-0.2, 0) is 9.59 Å². The van der Waals surface area contributed by atoms with Crippen LogP contribution in [0.1, 0.15) is 24.0 Å². The molecule has 6 nitrogen and oxygen atoms in total. The predicted octanol–water partition coefficient (Wildman–Crippen LogP) is 3.99. The minimum absolute atomic E-state index is 0.00937. The van der Waals surface area contributed by atoms with Crippen LogP contribution in [0.25, 0.3) is 0 Å². The van der Waals surface area contributed by atoms with E-state index in [0.717, 1.165) is 10.0 Å². The number of aromatic hydroxyl groups is 1. The fourth-order valence-corrected chi connectivity index (χ4v) is 2.59. The molecule has 0 unspecified atom stereocenters. The van der Waals surface area contributed by atoms with Crippen molar-refractivity contribution in [3.63, 3.8) is 0 Å². The summed E-state index contributed by atoms with van der Waals surface area (Å²) in [6.45, 7) is 1.80. The van der Waals surface area contributed by atoms with Crippen LogP contribution in [0.5, 0.6) is 5.75 Å². The molecule has 2 aromatic carbocycles. The van der Waals surface area contributed by atoms with Crippen LogP contribution in [0.3, 0.4) is 0 Å². The van der Waals surface area contributed by atoms with Crippen LogP contribution in [0.15, 0.2) is 46.0 Å². The summed E-state index contributed by atoms with van der Waals surface area (Å²) in [7, 11) is 0. The molecular weight excluding hydrogens is 422 g/mol. The Hall–Kier alpha value is -2.38. The van der Waals surface area contributed by atoms with Crippen molar-refractivity contribution in [2.45, 2.75) is 19.8 Å². The van der Waals surface area contributed by atoms with Crippen LogP contribution >= 0.6 is 27.5 Å². The van der Waals surface area contributed by atoms with Gasteiger partial charge < -0.3 is 10.4 Å². The Morgan fingerprint density at radius 3 is 2.73 bits per heavy atom. The Balaban J connectivity index is 1.81. The van der Waals surface area contributed by atoms with Crippen LogP contribution in [-0.4, -0.2) is 23.1 Å². The van der Waals surface area contributed by atoms with Gasteiger partial charge >= 0.3 is 0 Å². The average molecular weight is 439 g/mol. The van der Waals surface area contributed by atoms with Gasteiger partial charge in [0.1, 0.15) is 5.75 Å². The number of hydrogen-bond acceptors (Lipinski definition) is 4. The van der Waals surface area contributed by atoms with Gasteiger partial charge in [-0.1, -0.05) is 33.6 Å². The van der Waals surface area contributed by atoms with E-state index in [1.54, 1.807) is 37.3 Å². The number of carbonyl (C=O) groups excluding carboxylic acids is 2. The van der Waals surface area contributed by atoms with Gasteiger partial charge in [-0.3, -0.25) is 9.59 Å². The lowest BCUT2D eigenvalue weighted by molar-refractivity contribution is -0.124. The number of hydrazone groups is 1. The summed E-state index contributed by atoms with van der Waals surface area (Å²) >= 11 is 9.28. The third kappa shape index (κ3) is 5.86. The van der Waals surface area contributed by atoms with Crippen molar-refractivity contribution in [3.05, 3.63) is 57.0 Å². The summed E-state index contributed by atoms with van der Waals surface area (Å²) in [5.41, 5.74) is 4.16. The zero-order valence-corrected chi connectivity index (χ0v) is 16.3. The second-order valence-corrected chi connectivity index (χ2v) is 6.78. The van der Waals surface area contributed by atoms with E-state index in [1.165, 1.54) is 12.3 Å². The van der Waals surface area contributed by atoms with Gasteiger partial charge in [0, 0.05) is 33.6 Å². The van der Waals surface area contributed by atoms with Gasteiger partial charge in [-0.05, 0) is 42.8 Å². The van der Waals surface area contributed by atoms with Crippen molar-refractivity contribution in [2.75, 3.05) is 5.32 Å². The third-order valence-electron chi connectivity index (χ3n) is 3.50. The summed E-state index contributed by atoms with van der Waals surface area (Å²) < 4.78 is 0.774. The molecule has 0 aromatic heterocycles. The molecule has 0 aliphatic heterocycles. The number of hydrogen-bond donors (Lipinski definition) is 3. The normalized spacial score (nSPS) is 10.7. The zero-order chi connectivity index (χ0) is 19.1. The van der Waals surface area contributed by atoms with Crippen LogP contribution < -0.4 is 10.7 Å². The number of phenols is 1. The van der Waals surface area contributed by atoms with E-state index in [0.29, 0.717) is 16.3 Å². The SMILES string of the molecule is Cc1c(Cl)cccc1NC(=O)CCC(=O)NN=Cc1cc(Br)ccc1O. The number of nitrogens with zero attached hydrogens (tertiary/aromatic N) is 1. The molecule has 0 atom stereocenters. The molecule has 2 rings (SSSR count). The van der Waals surface area contributed by atoms with Crippen molar-refractivity contribution in [3.8, 4) is 5.75 Å². The number of nitrogens with one attached hydrogen (secondary N) is 2. The van der Waals surface area contributed by atoms with E-state index in [-0.39, 0.29) is 24.5 Å². The molecule has 136 valence electrons. The summed E-state index contributed by atoms with van der Waals surface area (Å²) in [6, 6.07) is 10.1. The minimum Gasteiger partial charge on any atom is -0.507 e. The van der Waals surface area contributed by atoms with Crippen molar-refractivity contribution >= 4 is 51.2 Å². The number of anilines is 1. The fraction of sp³-hybridized carbons (Fsp3) is 0.167. The molecule has 0 aliphatic rings. The molecule has 26 heavy (non-hydrogen) atoms. The van der Waals surface area contributed by atoms with Gasteiger partial charge in [0.15, 0.2) is 0 Å². The Bertz CT molecular complexity index is 856.